The van der Waals surface area contributed by atoms with E-state index in [4.69, 9.17) is 0 Å². The van der Waals surface area contributed by atoms with E-state index >= 15 is 0 Å². The zero-order chi connectivity index (χ0) is 13.2. The highest BCUT2D eigenvalue weighted by molar-refractivity contribution is 9.11. The molecule has 1 aromatic rings. The van der Waals surface area contributed by atoms with Crippen molar-refractivity contribution in [3.8, 4) is 0 Å². The molecule has 2 aliphatic carbocycles. The zero-order valence-electron chi connectivity index (χ0n) is 10.4. The molecule has 4 heteroatoms. The van der Waals surface area contributed by atoms with Crippen molar-refractivity contribution in [2.24, 2.45) is 5.10 Å². The van der Waals surface area contributed by atoms with E-state index in [1.54, 1.807) is 0 Å². The number of benzene rings is 1. The van der Waals surface area contributed by atoms with Crippen molar-refractivity contribution < 1.29 is 0 Å². The van der Waals surface area contributed by atoms with E-state index in [9.17, 15) is 0 Å². The highest BCUT2D eigenvalue weighted by Crippen LogP contribution is 2.26. The summed E-state index contributed by atoms with van der Waals surface area (Å²) in [6, 6.07) is 6.43. The molecule has 0 bridgehead atoms. The Balaban J connectivity index is 1.77. The van der Waals surface area contributed by atoms with Crippen LogP contribution in [0.15, 0.2) is 50.1 Å². The van der Waals surface area contributed by atoms with Crippen LogP contribution in [0, 0.1) is 0 Å². The van der Waals surface area contributed by atoms with Crippen molar-refractivity contribution in [3.05, 3.63) is 56.1 Å². The van der Waals surface area contributed by atoms with Crippen LogP contribution in [0.1, 0.15) is 30.4 Å². The van der Waals surface area contributed by atoms with Crippen LogP contribution in [0.5, 0.6) is 0 Å². The van der Waals surface area contributed by atoms with Crippen molar-refractivity contribution in [3.63, 3.8) is 0 Å². The molecule has 0 amide bonds. The lowest BCUT2D eigenvalue weighted by Crippen LogP contribution is -2.11. The molecule has 98 valence electrons. The average molecular weight is 382 g/mol. The molecule has 0 saturated carbocycles. The molecule has 3 rings (SSSR count). The van der Waals surface area contributed by atoms with Crippen LogP contribution in [0.2, 0.25) is 0 Å². The number of nitrogens with zero attached hydrogens (tertiary/aromatic N) is 1. The number of aryl methyl sites for hydroxylation is 1. The van der Waals surface area contributed by atoms with Crippen molar-refractivity contribution in [2.75, 3.05) is 0 Å². The fourth-order valence-electron chi connectivity index (χ4n) is 2.40. The fraction of sp³-hybridized carbons (Fsp3) is 0.267. The van der Waals surface area contributed by atoms with Gasteiger partial charge in [0, 0.05) is 15.7 Å². The number of allylic oxidation sites excluding steroid dienone is 4. The minimum atomic E-state index is 1.01. The smallest absolute Gasteiger partial charge is 0.0685 e. The van der Waals surface area contributed by atoms with Crippen molar-refractivity contribution >= 4 is 37.6 Å². The van der Waals surface area contributed by atoms with Crippen molar-refractivity contribution in [2.45, 2.75) is 25.7 Å². The number of hydrogen-bond acceptors (Lipinski definition) is 2. The molecule has 0 spiro atoms. The van der Waals surface area contributed by atoms with Gasteiger partial charge in [0.2, 0.25) is 0 Å². The Morgan fingerprint density at radius 3 is 2.68 bits per heavy atom. The first-order chi connectivity index (χ1) is 9.22. The summed E-state index contributed by atoms with van der Waals surface area (Å²) >= 11 is 7.03. The van der Waals surface area contributed by atoms with E-state index in [-0.39, 0.29) is 0 Å². The van der Waals surface area contributed by atoms with Crippen LogP contribution in [-0.4, -0.2) is 5.71 Å². The zero-order valence-corrected chi connectivity index (χ0v) is 13.6. The molecule has 0 fully saturated rings. The summed E-state index contributed by atoms with van der Waals surface area (Å²) in [5.41, 5.74) is 8.22. The maximum absolute atomic E-state index is 4.58. The van der Waals surface area contributed by atoms with Crippen molar-refractivity contribution in [1.29, 1.82) is 0 Å². The van der Waals surface area contributed by atoms with E-state index in [1.165, 1.54) is 21.3 Å². The lowest BCUT2D eigenvalue weighted by Gasteiger charge is -2.11. The molecule has 1 aromatic carbocycles. The van der Waals surface area contributed by atoms with E-state index in [0.717, 1.165) is 35.9 Å². The first kappa shape index (κ1) is 13.1. The largest absolute Gasteiger partial charge is 0.282 e. The average Bonchev–Trinajstić information content (AvgIpc) is 2.80. The predicted molar refractivity (Wildman–Crippen MR) is 86.5 cm³/mol. The molecule has 0 heterocycles. The summed E-state index contributed by atoms with van der Waals surface area (Å²) in [6.45, 7) is 0. The lowest BCUT2D eigenvalue weighted by molar-refractivity contribution is 0.785. The Hall–Kier alpha value is -0.870. The topological polar surface area (TPSA) is 24.4 Å². The van der Waals surface area contributed by atoms with Gasteiger partial charge < -0.3 is 0 Å². The van der Waals surface area contributed by atoms with Gasteiger partial charge >= 0.3 is 0 Å². The van der Waals surface area contributed by atoms with Gasteiger partial charge in [0.15, 0.2) is 0 Å². The number of rotatable bonds is 2. The first-order valence-corrected chi connectivity index (χ1v) is 7.97. The normalized spacial score (nSPS) is 20.0. The van der Waals surface area contributed by atoms with Crippen LogP contribution in [-0.2, 0) is 6.42 Å². The maximum Gasteiger partial charge on any atom is 0.0685 e. The number of fused-ring (bicyclic) bond motifs is 1. The molecule has 1 N–H and O–H groups in total. The number of hydrazone groups is 1. The second-order valence-corrected chi connectivity index (χ2v) is 6.71. The van der Waals surface area contributed by atoms with Gasteiger partial charge in [-0.05, 0) is 53.9 Å². The van der Waals surface area contributed by atoms with E-state index in [0.29, 0.717) is 0 Å². The number of halogens is 2. The predicted octanol–water partition coefficient (Wildman–Crippen LogP) is 4.65. The molecular formula is C15H14Br2N2. The highest BCUT2D eigenvalue weighted by atomic mass is 79.9. The summed E-state index contributed by atoms with van der Waals surface area (Å²) in [7, 11) is 0. The summed E-state index contributed by atoms with van der Waals surface area (Å²) < 4.78 is 2.40. The van der Waals surface area contributed by atoms with Gasteiger partial charge in [0.05, 0.1) is 5.71 Å². The van der Waals surface area contributed by atoms with Crippen LogP contribution >= 0.6 is 31.9 Å². The molecule has 0 aliphatic heterocycles. The quantitative estimate of drug-likeness (QED) is 0.741. The lowest BCUT2D eigenvalue weighted by atomic mass is 10.1. The number of nitrogens with one attached hydrogen (secondary N) is 1. The minimum Gasteiger partial charge on any atom is -0.282 e. The SMILES string of the molecule is BrC1=CC=C(N/N=C2\CCc3cc(Br)ccc32)CC1. The van der Waals surface area contributed by atoms with E-state index < -0.39 is 0 Å². The molecule has 2 nitrogen and oxygen atoms in total. The monoisotopic (exact) mass is 380 g/mol. The third-order valence-electron chi connectivity index (χ3n) is 3.44. The molecule has 0 radical (unpaired) electrons. The fourth-order valence-corrected chi connectivity index (χ4v) is 3.14. The van der Waals surface area contributed by atoms with Gasteiger partial charge in [0.1, 0.15) is 0 Å². The second kappa shape index (κ2) is 5.63. The summed E-state index contributed by atoms with van der Waals surface area (Å²) in [4.78, 5) is 0. The number of hydrogen-bond donors (Lipinski definition) is 1. The molecule has 2 aliphatic rings. The van der Waals surface area contributed by atoms with Crippen LogP contribution in [0.25, 0.3) is 0 Å². The molecule has 19 heavy (non-hydrogen) atoms. The van der Waals surface area contributed by atoms with Crippen LogP contribution in [0.4, 0.5) is 0 Å². The highest BCUT2D eigenvalue weighted by Gasteiger charge is 2.17. The molecular weight excluding hydrogens is 368 g/mol. The van der Waals surface area contributed by atoms with Gasteiger partial charge in [-0.1, -0.05) is 44.0 Å². The van der Waals surface area contributed by atoms with Gasteiger partial charge in [-0.3, -0.25) is 5.43 Å². The van der Waals surface area contributed by atoms with Gasteiger partial charge in [-0.15, -0.1) is 0 Å². The first-order valence-electron chi connectivity index (χ1n) is 6.39. The van der Waals surface area contributed by atoms with Crippen LogP contribution < -0.4 is 5.43 Å². The summed E-state index contributed by atoms with van der Waals surface area (Å²) in [5, 5.41) is 4.58. The van der Waals surface area contributed by atoms with Crippen molar-refractivity contribution in [1.82, 2.24) is 5.43 Å². The van der Waals surface area contributed by atoms with Gasteiger partial charge in [-0.2, -0.15) is 5.10 Å². The summed E-state index contributed by atoms with van der Waals surface area (Å²) in [6.07, 6.45) is 8.35. The Morgan fingerprint density at radius 1 is 1.00 bits per heavy atom. The minimum absolute atomic E-state index is 1.01. The standard InChI is InChI=1S/C15H14Br2N2/c16-11-2-5-13(6-3-11)18-19-15-8-1-10-9-12(17)4-7-14(10)15/h2,4-5,7,9,18H,1,3,6,8H2/b19-15+. The third kappa shape index (κ3) is 3.00. The van der Waals surface area contributed by atoms with Gasteiger partial charge in [-0.25, -0.2) is 0 Å². The Morgan fingerprint density at radius 2 is 1.89 bits per heavy atom. The molecule has 0 saturated heterocycles. The third-order valence-corrected chi connectivity index (χ3v) is 4.60. The van der Waals surface area contributed by atoms with E-state index in [1.807, 2.05) is 0 Å². The second-order valence-electron chi connectivity index (χ2n) is 4.78. The molecule has 0 unspecified atom stereocenters. The molecule has 0 aromatic heterocycles. The Labute approximate surface area is 129 Å². The van der Waals surface area contributed by atoms with Crippen LogP contribution in [0.3, 0.4) is 0 Å². The van der Waals surface area contributed by atoms with E-state index in [2.05, 4.69) is 72.7 Å². The maximum atomic E-state index is 4.58. The molecule has 0 atom stereocenters. The Bertz CT molecular complexity index is 600. The summed E-state index contributed by atoms with van der Waals surface area (Å²) in [5.74, 6) is 0. The van der Waals surface area contributed by atoms with Gasteiger partial charge in [0.25, 0.3) is 0 Å². The Kier molecular flexibility index (Phi) is 3.89.